The van der Waals surface area contributed by atoms with Gasteiger partial charge in [0.1, 0.15) is 7.34 Å². The molecule has 0 aliphatic carbocycles. The largest absolute Gasteiger partial charge is 0.353 e. The first kappa shape index (κ1) is 6.34. The van der Waals surface area contributed by atoms with Crippen molar-refractivity contribution in [3.63, 3.8) is 0 Å². The first-order valence-corrected chi connectivity index (χ1v) is 4.67. The van der Waals surface area contributed by atoms with E-state index >= 15 is 0 Å². The summed E-state index contributed by atoms with van der Waals surface area (Å²) in [5, 5.41) is 0.914. The van der Waals surface area contributed by atoms with Gasteiger partial charge in [-0.2, -0.15) is 0 Å². The Bertz CT molecular complexity index is 145. The van der Waals surface area contributed by atoms with Crippen LogP contribution in [0.4, 0.5) is 0 Å². The molecule has 0 aromatic rings. The summed E-state index contributed by atoms with van der Waals surface area (Å²) in [4.78, 5) is 18.2. The maximum absolute atomic E-state index is 9.09. The molecule has 1 heterocycles. The second kappa shape index (κ2) is 1.87. The van der Waals surface area contributed by atoms with Gasteiger partial charge in [0.05, 0.1) is 0 Å². The minimum absolute atomic E-state index is 0.624. The zero-order chi connectivity index (χ0) is 6.20. The van der Waals surface area contributed by atoms with Gasteiger partial charge in [-0.05, 0) is 25.1 Å². The molecule has 1 rings (SSSR count). The summed E-state index contributed by atoms with van der Waals surface area (Å²) in [6.07, 6.45) is 2.51. The molecule has 0 saturated carbocycles. The summed E-state index contributed by atoms with van der Waals surface area (Å²) >= 11 is 0. The van der Waals surface area contributed by atoms with Crippen molar-refractivity contribution < 1.29 is 9.79 Å². The van der Waals surface area contributed by atoms with Crippen LogP contribution < -0.4 is 0 Å². The van der Waals surface area contributed by atoms with Crippen molar-refractivity contribution in [1.82, 2.24) is 0 Å². The van der Waals surface area contributed by atoms with Gasteiger partial charge < -0.3 is 9.79 Å². The van der Waals surface area contributed by atoms with Gasteiger partial charge in [-0.25, -0.2) is 0 Å². The van der Waals surface area contributed by atoms with Gasteiger partial charge in [0.15, 0.2) is 0 Å². The maximum atomic E-state index is 9.09. The van der Waals surface area contributed by atoms with Crippen LogP contribution in [0, 0.1) is 0 Å². The lowest BCUT2D eigenvalue weighted by Crippen LogP contribution is -1.86. The van der Waals surface area contributed by atoms with Crippen LogP contribution in [0.25, 0.3) is 0 Å². The van der Waals surface area contributed by atoms with Crippen LogP contribution in [0.15, 0.2) is 0 Å². The molecule has 2 N–H and O–H groups in total. The summed E-state index contributed by atoms with van der Waals surface area (Å²) in [6.45, 7) is 1.83. The molecule has 0 amide bonds. The van der Waals surface area contributed by atoms with E-state index < -0.39 is 7.34 Å². The Kier molecular flexibility index (Phi) is 1.48. The lowest BCUT2D eigenvalue weighted by Gasteiger charge is -2.05. The highest BCUT2D eigenvalue weighted by molar-refractivity contribution is 7.65. The Balaban J connectivity index is 2.89. The number of rotatable bonds is 0. The normalized spacial score (nSPS) is 26.6. The smallest absolute Gasteiger partial charge is 0.117 e. The maximum Gasteiger partial charge on any atom is 0.117 e. The molecule has 0 fully saturated rings. The SMILES string of the molecule is CC1=P(O)(O)CCC1. The van der Waals surface area contributed by atoms with Gasteiger partial charge in [0.2, 0.25) is 0 Å². The molecule has 8 heavy (non-hydrogen) atoms. The highest BCUT2D eigenvalue weighted by Crippen LogP contribution is 2.45. The Morgan fingerprint density at radius 2 is 2.12 bits per heavy atom. The predicted molar refractivity (Wildman–Crippen MR) is 36.1 cm³/mol. The molecule has 2 nitrogen and oxygen atoms in total. The summed E-state index contributed by atoms with van der Waals surface area (Å²) < 4.78 is 0. The van der Waals surface area contributed by atoms with Gasteiger partial charge >= 0.3 is 0 Å². The molecule has 0 unspecified atom stereocenters. The average molecular weight is 134 g/mol. The molecule has 0 bridgehead atoms. The first-order valence-electron chi connectivity index (χ1n) is 2.79. The second-order valence-electron chi connectivity index (χ2n) is 2.29. The van der Waals surface area contributed by atoms with Crippen molar-refractivity contribution >= 4 is 12.6 Å². The van der Waals surface area contributed by atoms with Crippen molar-refractivity contribution in [3.8, 4) is 0 Å². The zero-order valence-corrected chi connectivity index (χ0v) is 5.86. The molecule has 0 aromatic carbocycles. The Morgan fingerprint density at radius 1 is 1.50 bits per heavy atom. The molecule has 0 spiro atoms. The molecule has 48 valence electrons. The van der Waals surface area contributed by atoms with Crippen LogP contribution in [0.1, 0.15) is 19.8 Å². The highest BCUT2D eigenvalue weighted by atomic mass is 31.2. The molecule has 0 saturated heterocycles. The average Bonchev–Trinajstić information content (AvgIpc) is 1.86. The lowest BCUT2D eigenvalue weighted by molar-refractivity contribution is 0.477. The fourth-order valence-electron chi connectivity index (χ4n) is 0.925. The molecular weight excluding hydrogens is 123 g/mol. The molecule has 0 atom stereocenters. The number of hydrogen-bond acceptors (Lipinski definition) is 2. The van der Waals surface area contributed by atoms with Gasteiger partial charge in [-0.15, -0.1) is 0 Å². The van der Waals surface area contributed by atoms with Crippen molar-refractivity contribution in [2.75, 3.05) is 6.16 Å². The zero-order valence-electron chi connectivity index (χ0n) is 4.96. The summed E-state index contributed by atoms with van der Waals surface area (Å²) in [5.41, 5.74) is 0. The van der Waals surface area contributed by atoms with Crippen molar-refractivity contribution in [2.24, 2.45) is 0 Å². The van der Waals surface area contributed by atoms with E-state index in [1.165, 1.54) is 0 Å². The summed E-state index contributed by atoms with van der Waals surface area (Å²) in [6, 6.07) is 0. The van der Waals surface area contributed by atoms with Gasteiger partial charge in [0, 0.05) is 6.16 Å². The molecule has 1 aliphatic rings. The van der Waals surface area contributed by atoms with E-state index in [4.69, 9.17) is 9.79 Å². The van der Waals surface area contributed by atoms with Gasteiger partial charge in [-0.3, -0.25) is 0 Å². The standard InChI is InChI=1S/C5H11O2P/c1-5-3-2-4-8(5,6)7/h6-7H,2-4H2,1H3. The minimum Gasteiger partial charge on any atom is -0.353 e. The Labute approximate surface area is 49.3 Å². The van der Waals surface area contributed by atoms with Crippen LogP contribution >= 0.6 is 7.34 Å². The third kappa shape index (κ3) is 0.970. The van der Waals surface area contributed by atoms with E-state index in [0.29, 0.717) is 6.16 Å². The van der Waals surface area contributed by atoms with Crippen molar-refractivity contribution in [2.45, 2.75) is 19.8 Å². The molecule has 3 heteroatoms. The van der Waals surface area contributed by atoms with Crippen LogP contribution in [0.3, 0.4) is 0 Å². The summed E-state index contributed by atoms with van der Waals surface area (Å²) in [7, 11) is -2.47. The minimum atomic E-state index is -2.47. The number of hydrogen-bond donors (Lipinski definition) is 2. The van der Waals surface area contributed by atoms with Gasteiger partial charge in [0.25, 0.3) is 0 Å². The van der Waals surface area contributed by atoms with Crippen LogP contribution in [0.5, 0.6) is 0 Å². The quantitative estimate of drug-likeness (QED) is 0.481. The predicted octanol–water partition coefficient (Wildman–Crippen LogP) is 0.805. The van der Waals surface area contributed by atoms with E-state index in [-0.39, 0.29) is 0 Å². The second-order valence-corrected chi connectivity index (χ2v) is 4.96. The fraction of sp³-hybridized carbons (Fsp3) is 0.800. The van der Waals surface area contributed by atoms with E-state index in [2.05, 4.69) is 0 Å². The van der Waals surface area contributed by atoms with E-state index in [1.54, 1.807) is 0 Å². The van der Waals surface area contributed by atoms with E-state index in [0.717, 1.165) is 18.1 Å². The van der Waals surface area contributed by atoms with E-state index in [9.17, 15) is 0 Å². The topological polar surface area (TPSA) is 40.5 Å². The van der Waals surface area contributed by atoms with E-state index in [1.807, 2.05) is 6.92 Å². The molecular formula is C5H11O2P. The van der Waals surface area contributed by atoms with Crippen LogP contribution in [0.2, 0.25) is 0 Å². The summed E-state index contributed by atoms with van der Waals surface area (Å²) in [5.74, 6) is 0. The highest BCUT2D eigenvalue weighted by Gasteiger charge is 2.19. The lowest BCUT2D eigenvalue weighted by atomic mass is 10.3. The molecule has 1 aliphatic heterocycles. The Morgan fingerprint density at radius 3 is 2.25 bits per heavy atom. The van der Waals surface area contributed by atoms with Crippen LogP contribution in [-0.4, -0.2) is 21.2 Å². The van der Waals surface area contributed by atoms with Crippen molar-refractivity contribution in [3.05, 3.63) is 0 Å². The van der Waals surface area contributed by atoms with Crippen LogP contribution in [-0.2, 0) is 0 Å². The third-order valence-electron chi connectivity index (χ3n) is 1.62. The van der Waals surface area contributed by atoms with Gasteiger partial charge in [-0.1, -0.05) is 0 Å². The van der Waals surface area contributed by atoms with Crippen molar-refractivity contribution in [1.29, 1.82) is 0 Å². The molecule has 0 radical (unpaired) electrons. The fourth-order valence-corrected chi connectivity index (χ4v) is 2.42. The Hall–Kier alpha value is 0.220. The monoisotopic (exact) mass is 134 g/mol. The third-order valence-corrected chi connectivity index (χ3v) is 4.01. The first-order chi connectivity index (χ1) is 3.63. The molecule has 0 aromatic heterocycles.